The van der Waals surface area contributed by atoms with Crippen LogP contribution in [-0.4, -0.2) is 11.1 Å². The average Bonchev–Trinajstić information content (AvgIpc) is 2.29. The summed E-state index contributed by atoms with van der Waals surface area (Å²) in [4.78, 5) is 10.9. The Balaban J connectivity index is 0.00000324. The monoisotopic (exact) mass is 272 g/mol. The zero-order chi connectivity index (χ0) is 13.8. The van der Waals surface area contributed by atoms with Gasteiger partial charge in [-0.25, -0.2) is 0 Å². The molecular formula is C15H21NaO3. The van der Waals surface area contributed by atoms with Gasteiger partial charge >= 0.3 is 29.6 Å². The standard InChI is InChI=1S/C15H22O3.Na/c1-4-5-6-9-15(2,3)11-7-8-13(16)12(10-11)14(17)18;/h7-8,10,16H,4-6,9H2,1-3H3,(H,17,18);/q;+1/p-1. The molecule has 0 aliphatic rings. The fourth-order valence-electron chi connectivity index (χ4n) is 2.08. The topological polar surface area (TPSA) is 60.4 Å². The van der Waals surface area contributed by atoms with Crippen molar-refractivity contribution in [2.75, 3.05) is 0 Å². The van der Waals surface area contributed by atoms with Crippen LogP contribution in [0.1, 0.15) is 62.4 Å². The molecular weight excluding hydrogens is 251 g/mol. The number of aromatic hydroxyl groups is 1. The molecule has 0 atom stereocenters. The largest absolute Gasteiger partial charge is 1.00 e. The third-order valence-corrected chi connectivity index (χ3v) is 3.40. The molecule has 19 heavy (non-hydrogen) atoms. The molecule has 0 amide bonds. The van der Waals surface area contributed by atoms with Crippen molar-refractivity contribution in [3.8, 4) is 5.75 Å². The van der Waals surface area contributed by atoms with E-state index in [0.29, 0.717) is 0 Å². The molecule has 4 heteroatoms. The Hall–Kier alpha value is -0.510. The molecule has 0 saturated heterocycles. The van der Waals surface area contributed by atoms with E-state index < -0.39 is 5.97 Å². The van der Waals surface area contributed by atoms with Gasteiger partial charge in [0, 0.05) is 5.56 Å². The summed E-state index contributed by atoms with van der Waals surface area (Å²) in [7, 11) is 0. The maximum absolute atomic E-state index is 10.9. The summed E-state index contributed by atoms with van der Waals surface area (Å²) >= 11 is 0. The van der Waals surface area contributed by atoms with Crippen LogP contribution in [0.4, 0.5) is 0 Å². The van der Waals surface area contributed by atoms with Gasteiger partial charge in [0.2, 0.25) is 0 Å². The maximum atomic E-state index is 10.9. The number of aromatic carboxylic acids is 1. The van der Waals surface area contributed by atoms with Gasteiger partial charge in [-0.3, -0.25) is 0 Å². The van der Waals surface area contributed by atoms with Crippen LogP contribution < -0.4 is 34.7 Å². The van der Waals surface area contributed by atoms with E-state index in [0.717, 1.165) is 24.8 Å². The Morgan fingerprint density at radius 2 is 1.95 bits per heavy atom. The van der Waals surface area contributed by atoms with Gasteiger partial charge in [-0.15, -0.1) is 0 Å². The summed E-state index contributed by atoms with van der Waals surface area (Å²) in [5.41, 5.74) is 0.708. The number of carbonyl (C=O) groups excluding carboxylic acids is 1. The maximum Gasteiger partial charge on any atom is 1.00 e. The van der Waals surface area contributed by atoms with E-state index in [1.807, 2.05) is 0 Å². The van der Waals surface area contributed by atoms with Crippen LogP contribution in [-0.2, 0) is 5.41 Å². The smallest absolute Gasteiger partial charge is 0.545 e. The third-order valence-electron chi connectivity index (χ3n) is 3.40. The first-order valence-electron chi connectivity index (χ1n) is 6.43. The van der Waals surface area contributed by atoms with Crippen molar-refractivity contribution in [2.24, 2.45) is 0 Å². The van der Waals surface area contributed by atoms with Gasteiger partial charge in [0.05, 0.1) is 5.97 Å². The molecule has 1 rings (SSSR count). The van der Waals surface area contributed by atoms with Crippen molar-refractivity contribution < 1.29 is 44.6 Å². The van der Waals surface area contributed by atoms with Gasteiger partial charge in [-0.05, 0) is 29.5 Å². The number of carboxylic acids is 1. The minimum Gasteiger partial charge on any atom is -0.545 e. The number of carboxylic acid groups (broad SMARTS) is 1. The Morgan fingerprint density at radius 3 is 2.47 bits per heavy atom. The van der Waals surface area contributed by atoms with E-state index in [1.54, 1.807) is 6.07 Å². The number of phenols is 1. The predicted octanol–water partition coefficient (Wildman–Crippen LogP) is -0.382. The van der Waals surface area contributed by atoms with E-state index in [-0.39, 0.29) is 46.3 Å². The number of benzene rings is 1. The SMILES string of the molecule is CCCCCC(C)(C)c1ccc(O)c(C(=O)[O-])c1.[Na+]. The molecule has 0 saturated carbocycles. The first-order chi connectivity index (χ1) is 8.38. The molecule has 1 N–H and O–H groups in total. The molecule has 0 aliphatic carbocycles. The summed E-state index contributed by atoms with van der Waals surface area (Å²) in [6.45, 7) is 6.34. The second-order valence-electron chi connectivity index (χ2n) is 5.36. The number of hydrogen-bond acceptors (Lipinski definition) is 3. The van der Waals surface area contributed by atoms with Gasteiger partial charge in [0.15, 0.2) is 0 Å². The van der Waals surface area contributed by atoms with Crippen LogP contribution in [0.15, 0.2) is 18.2 Å². The average molecular weight is 272 g/mol. The van der Waals surface area contributed by atoms with Crippen molar-refractivity contribution in [1.29, 1.82) is 0 Å². The fraction of sp³-hybridized carbons (Fsp3) is 0.533. The quantitative estimate of drug-likeness (QED) is 0.567. The zero-order valence-electron chi connectivity index (χ0n) is 12.3. The first kappa shape index (κ1) is 18.5. The second-order valence-corrected chi connectivity index (χ2v) is 5.36. The van der Waals surface area contributed by atoms with Crippen molar-refractivity contribution in [1.82, 2.24) is 0 Å². The van der Waals surface area contributed by atoms with Crippen LogP contribution in [0.2, 0.25) is 0 Å². The van der Waals surface area contributed by atoms with Crippen LogP contribution in [0.3, 0.4) is 0 Å². The molecule has 0 bridgehead atoms. The van der Waals surface area contributed by atoms with Crippen molar-refractivity contribution in [3.63, 3.8) is 0 Å². The molecule has 0 heterocycles. The molecule has 1 aromatic rings. The second kappa shape index (κ2) is 7.93. The fourth-order valence-corrected chi connectivity index (χ4v) is 2.08. The van der Waals surface area contributed by atoms with E-state index >= 15 is 0 Å². The van der Waals surface area contributed by atoms with Gasteiger partial charge in [-0.1, -0.05) is 46.1 Å². The molecule has 1 aromatic carbocycles. The minimum atomic E-state index is -1.33. The van der Waals surface area contributed by atoms with E-state index in [9.17, 15) is 15.0 Å². The van der Waals surface area contributed by atoms with Crippen LogP contribution in [0.25, 0.3) is 0 Å². The summed E-state index contributed by atoms with van der Waals surface area (Å²) < 4.78 is 0. The van der Waals surface area contributed by atoms with Crippen LogP contribution in [0.5, 0.6) is 5.75 Å². The van der Waals surface area contributed by atoms with Crippen LogP contribution >= 0.6 is 0 Å². The molecule has 100 valence electrons. The van der Waals surface area contributed by atoms with Crippen LogP contribution in [0, 0.1) is 0 Å². The van der Waals surface area contributed by atoms with Crippen molar-refractivity contribution >= 4 is 5.97 Å². The Kier molecular flexibility index (Phi) is 7.72. The summed E-state index contributed by atoms with van der Waals surface area (Å²) in [6.07, 6.45) is 4.45. The molecule has 3 nitrogen and oxygen atoms in total. The Bertz CT molecular complexity index is 427. The van der Waals surface area contributed by atoms with Crippen molar-refractivity contribution in [2.45, 2.75) is 51.9 Å². The Morgan fingerprint density at radius 1 is 1.32 bits per heavy atom. The predicted molar refractivity (Wildman–Crippen MR) is 69.6 cm³/mol. The number of carbonyl (C=O) groups is 1. The molecule has 0 aliphatic heterocycles. The number of hydrogen-bond donors (Lipinski definition) is 1. The van der Waals surface area contributed by atoms with E-state index in [4.69, 9.17) is 0 Å². The Labute approximate surface area is 137 Å². The van der Waals surface area contributed by atoms with Crippen molar-refractivity contribution in [3.05, 3.63) is 29.3 Å². The van der Waals surface area contributed by atoms with E-state index in [1.165, 1.54) is 18.6 Å². The first-order valence-corrected chi connectivity index (χ1v) is 6.43. The molecule has 0 unspecified atom stereocenters. The summed E-state index contributed by atoms with van der Waals surface area (Å²) in [5.74, 6) is -1.57. The van der Waals surface area contributed by atoms with Gasteiger partial charge < -0.3 is 15.0 Å². The molecule has 0 aromatic heterocycles. The van der Waals surface area contributed by atoms with E-state index in [2.05, 4.69) is 20.8 Å². The van der Waals surface area contributed by atoms with Gasteiger partial charge in [-0.2, -0.15) is 0 Å². The molecule has 0 spiro atoms. The zero-order valence-corrected chi connectivity index (χ0v) is 14.3. The summed E-state index contributed by atoms with van der Waals surface area (Å²) in [6, 6.07) is 4.74. The molecule has 0 radical (unpaired) electrons. The summed E-state index contributed by atoms with van der Waals surface area (Å²) in [5, 5.41) is 20.4. The number of rotatable bonds is 6. The third kappa shape index (κ3) is 5.17. The molecule has 0 fully saturated rings. The number of unbranched alkanes of at least 4 members (excludes halogenated alkanes) is 2. The minimum absolute atomic E-state index is 0. The normalized spacial score (nSPS) is 10.9. The van der Waals surface area contributed by atoms with Gasteiger partial charge in [0.25, 0.3) is 0 Å². The van der Waals surface area contributed by atoms with Gasteiger partial charge in [0.1, 0.15) is 5.75 Å².